The molecular weight excluding hydrogens is 452 g/mol. The number of carbonyl (C=O) groups excluding carboxylic acids is 3. The van der Waals surface area contributed by atoms with Crippen LogP contribution >= 0.6 is 0 Å². The number of hydrogen-bond donors (Lipinski definition) is 1. The number of benzene rings is 1. The van der Waals surface area contributed by atoms with Gasteiger partial charge in [0, 0.05) is 12.1 Å². The second-order valence-electron chi connectivity index (χ2n) is 7.54. The molecule has 1 aliphatic heterocycles. The molecule has 1 N–H and O–H groups in total. The van der Waals surface area contributed by atoms with Crippen molar-refractivity contribution in [1.29, 1.82) is 0 Å². The topological polar surface area (TPSA) is 153 Å². The molecule has 0 saturated heterocycles. The zero-order valence-corrected chi connectivity index (χ0v) is 19.6. The molecule has 12 heteroatoms. The number of carbonyl (C=O) groups is 3. The van der Waals surface area contributed by atoms with Crippen molar-refractivity contribution >= 4 is 24.0 Å². The Labute approximate surface area is 195 Å². The number of non-ortho nitro benzene ring substituents is 1. The van der Waals surface area contributed by atoms with Crippen molar-refractivity contribution in [3.63, 3.8) is 0 Å². The number of nitro groups is 1. The van der Waals surface area contributed by atoms with Crippen LogP contribution in [0.25, 0.3) is 0 Å². The smallest absolute Gasteiger partial charge is 0.466 e. The summed E-state index contributed by atoms with van der Waals surface area (Å²) in [6.45, 7) is 7.77. The van der Waals surface area contributed by atoms with E-state index in [2.05, 4.69) is 10.1 Å². The van der Waals surface area contributed by atoms with E-state index in [1.54, 1.807) is 33.8 Å². The number of nitrogens with zero attached hydrogens (tertiary/aromatic N) is 1. The fraction of sp³-hybridized carbons (Fsp3) is 0.409. The molecule has 12 nitrogen and oxygen atoms in total. The quantitative estimate of drug-likeness (QED) is 0.262. The highest BCUT2D eigenvalue weighted by atomic mass is 16.7. The predicted molar refractivity (Wildman–Crippen MR) is 116 cm³/mol. The summed E-state index contributed by atoms with van der Waals surface area (Å²) in [5.41, 5.74) is 0.807. The number of nitro benzene ring substituents is 1. The van der Waals surface area contributed by atoms with Gasteiger partial charge in [-0.1, -0.05) is 12.1 Å². The number of dihydropyridines is 1. The van der Waals surface area contributed by atoms with Crippen LogP contribution in [0.1, 0.15) is 46.1 Å². The van der Waals surface area contributed by atoms with E-state index in [1.807, 2.05) is 0 Å². The molecule has 2 rings (SSSR count). The lowest BCUT2D eigenvalue weighted by Crippen LogP contribution is -2.31. The van der Waals surface area contributed by atoms with Gasteiger partial charge in [-0.2, -0.15) is 0 Å². The Kier molecular flexibility index (Phi) is 8.59. The van der Waals surface area contributed by atoms with Crippen LogP contribution in [-0.4, -0.2) is 42.5 Å². The van der Waals surface area contributed by atoms with E-state index in [0.717, 1.165) is 7.11 Å². The summed E-state index contributed by atoms with van der Waals surface area (Å²) >= 11 is 0. The molecule has 1 aliphatic rings. The molecule has 0 radical (unpaired) electrons. The van der Waals surface area contributed by atoms with Crippen molar-refractivity contribution in [3.05, 3.63) is 62.9 Å². The van der Waals surface area contributed by atoms with Crippen LogP contribution in [0.15, 0.2) is 47.2 Å². The molecule has 2 unspecified atom stereocenters. The number of rotatable bonds is 7. The number of esters is 1. The summed E-state index contributed by atoms with van der Waals surface area (Å²) in [6, 6.07) is 5.55. The lowest BCUT2D eigenvalue weighted by Gasteiger charge is -2.30. The van der Waals surface area contributed by atoms with Crippen LogP contribution in [-0.2, 0) is 28.5 Å². The normalized spacial score (nSPS) is 16.4. The van der Waals surface area contributed by atoms with Crippen molar-refractivity contribution in [3.8, 4) is 0 Å². The van der Waals surface area contributed by atoms with Crippen LogP contribution in [0.3, 0.4) is 0 Å². The van der Waals surface area contributed by atoms with Gasteiger partial charge in [0.25, 0.3) is 5.69 Å². The first-order valence-electron chi connectivity index (χ1n) is 10.2. The van der Waals surface area contributed by atoms with E-state index in [9.17, 15) is 24.5 Å². The maximum Gasteiger partial charge on any atom is 0.514 e. The highest BCUT2D eigenvalue weighted by Crippen LogP contribution is 2.40. The number of ether oxygens (including phenoxy) is 5. The minimum absolute atomic E-state index is 0.000523. The van der Waals surface area contributed by atoms with Gasteiger partial charge in [0.15, 0.2) is 6.10 Å². The SMILES string of the molecule is COC(=O)C(C)OC(=O)OC1=C(C)NC(C)=C(OC(=O)OC(C)C)C1c1cccc([N+](=O)[O-])c1. The van der Waals surface area contributed by atoms with Gasteiger partial charge in [0.05, 0.1) is 29.5 Å². The maximum absolute atomic E-state index is 12.4. The molecule has 0 amide bonds. The average Bonchev–Trinajstić information content (AvgIpc) is 2.75. The van der Waals surface area contributed by atoms with Gasteiger partial charge in [-0.05, 0) is 40.2 Å². The summed E-state index contributed by atoms with van der Waals surface area (Å²) in [4.78, 5) is 47.0. The van der Waals surface area contributed by atoms with E-state index >= 15 is 0 Å². The van der Waals surface area contributed by atoms with Crippen LogP contribution in [0.2, 0.25) is 0 Å². The van der Waals surface area contributed by atoms with Crippen molar-refractivity contribution in [2.45, 2.75) is 52.7 Å². The Morgan fingerprint density at radius 1 is 1.00 bits per heavy atom. The van der Waals surface area contributed by atoms with Crippen molar-refractivity contribution in [2.75, 3.05) is 7.11 Å². The Bertz CT molecular complexity index is 1040. The molecule has 1 aromatic rings. The van der Waals surface area contributed by atoms with Gasteiger partial charge in [0.2, 0.25) is 0 Å². The summed E-state index contributed by atoms with van der Waals surface area (Å²) in [6.07, 6.45) is -3.96. The summed E-state index contributed by atoms with van der Waals surface area (Å²) < 4.78 is 25.3. The number of methoxy groups -OCH3 is 1. The minimum Gasteiger partial charge on any atom is -0.466 e. The maximum atomic E-state index is 12.4. The molecule has 0 spiro atoms. The molecule has 0 fully saturated rings. The fourth-order valence-corrected chi connectivity index (χ4v) is 3.13. The number of allylic oxidation sites excluding steroid dienone is 2. The average molecular weight is 478 g/mol. The Morgan fingerprint density at radius 3 is 2.06 bits per heavy atom. The monoisotopic (exact) mass is 478 g/mol. The van der Waals surface area contributed by atoms with E-state index in [4.69, 9.17) is 18.9 Å². The van der Waals surface area contributed by atoms with Gasteiger partial charge in [-0.3, -0.25) is 10.1 Å². The minimum atomic E-state index is -1.25. The van der Waals surface area contributed by atoms with Gasteiger partial charge in [-0.15, -0.1) is 0 Å². The summed E-state index contributed by atoms with van der Waals surface area (Å²) in [5.74, 6) is -1.90. The molecule has 1 heterocycles. The largest absolute Gasteiger partial charge is 0.514 e. The third kappa shape index (κ3) is 6.47. The van der Waals surface area contributed by atoms with Gasteiger partial charge in [0.1, 0.15) is 17.4 Å². The third-order valence-corrected chi connectivity index (χ3v) is 4.58. The van der Waals surface area contributed by atoms with Crippen LogP contribution < -0.4 is 5.32 Å². The molecule has 0 aromatic heterocycles. The van der Waals surface area contributed by atoms with E-state index in [0.29, 0.717) is 17.0 Å². The molecule has 2 atom stereocenters. The Hall–Kier alpha value is -4.09. The number of nitrogens with one attached hydrogen (secondary N) is 1. The van der Waals surface area contributed by atoms with Gasteiger partial charge >= 0.3 is 18.3 Å². The van der Waals surface area contributed by atoms with Crippen LogP contribution in [0, 0.1) is 10.1 Å². The lowest BCUT2D eigenvalue weighted by atomic mass is 9.90. The fourth-order valence-electron chi connectivity index (χ4n) is 3.13. The van der Waals surface area contributed by atoms with E-state index in [-0.39, 0.29) is 17.2 Å². The van der Waals surface area contributed by atoms with Crippen molar-refractivity contribution in [1.82, 2.24) is 5.32 Å². The summed E-state index contributed by atoms with van der Waals surface area (Å²) in [5, 5.41) is 14.3. The second-order valence-corrected chi connectivity index (χ2v) is 7.54. The highest BCUT2D eigenvalue weighted by Gasteiger charge is 2.37. The predicted octanol–water partition coefficient (Wildman–Crippen LogP) is 4.02. The van der Waals surface area contributed by atoms with Crippen LogP contribution in [0.4, 0.5) is 15.3 Å². The number of hydrogen-bond acceptors (Lipinski definition) is 11. The molecular formula is C22H26N2O10. The Balaban J connectivity index is 2.49. The second kappa shape index (κ2) is 11.2. The molecule has 0 aliphatic carbocycles. The van der Waals surface area contributed by atoms with E-state index in [1.165, 1.54) is 25.1 Å². The first-order chi connectivity index (χ1) is 15.9. The highest BCUT2D eigenvalue weighted by molar-refractivity contribution is 5.77. The van der Waals surface area contributed by atoms with Crippen LogP contribution in [0.5, 0.6) is 0 Å². The zero-order valence-electron chi connectivity index (χ0n) is 19.6. The molecule has 34 heavy (non-hydrogen) atoms. The van der Waals surface area contributed by atoms with Gasteiger partial charge in [-0.25, -0.2) is 14.4 Å². The van der Waals surface area contributed by atoms with E-state index < -0.39 is 41.3 Å². The first kappa shape index (κ1) is 26.2. The zero-order chi connectivity index (χ0) is 25.6. The third-order valence-electron chi connectivity index (χ3n) is 4.58. The van der Waals surface area contributed by atoms with Gasteiger partial charge < -0.3 is 29.0 Å². The molecule has 0 bridgehead atoms. The van der Waals surface area contributed by atoms with Crippen molar-refractivity contribution in [2.24, 2.45) is 0 Å². The standard InChI is InChI=1S/C22H26N2O10/c1-11(2)31-21(26)33-18-12(3)23-13(4)19(34-22(27)32-14(5)20(25)30-6)17(18)15-8-7-9-16(10-15)24(28)29/h7-11,14,17,23H,1-6H3. The molecule has 184 valence electrons. The molecule has 0 saturated carbocycles. The first-order valence-corrected chi connectivity index (χ1v) is 10.2. The summed E-state index contributed by atoms with van der Waals surface area (Å²) in [7, 11) is 1.14. The van der Waals surface area contributed by atoms with Crippen molar-refractivity contribution < 1.29 is 43.0 Å². The Morgan fingerprint density at radius 2 is 1.56 bits per heavy atom. The lowest BCUT2D eigenvalue weighted by molar-refractivity contribution is -0.384. The molecule has 1 aromatic carbocycles.